The molecule has 20 heavy (non-hydrogen) atoms. The molecule has 8 nitrogen and oxygen atoms in total. The zero-order valence-corrected chi connectivity index (χ0v) is 11.3. The van der Waals surface area contributed by atoms with Crippen LogP contribution in [0.25, 0.3) is 0 Å². The van der Waals surface area contributed by atoms with Crippen molar-refractivity contribution in [2.24, 2.45) is 0 Å². The normalized spacial score (nSPS) is 11.2. The van der Waals surface area contributed by atoms with E-state index in [2.05, 4.69) is 14.8 Å². The summed E-state index contributed by atoms with van der Waals surface area (Å²) in [5.41, 5.74) is 1.09. The SMILES string of the molecule is Cc1ccc(NS(=O)(=O)c2cnn(CC(=O)O)c2)cn1. The van der Waals surface area contributed by atoms with Crippen LogP contribution in [0.4, 0.5) is 5.69 Å². The van der Waals surface area contributed by atoms with Gasteiger partial charge in [0.25, 0.3) is 10.0 Å². The van der Waals surface area contributed by atoms with Crippen molar-refractivity contribution in [1.82, 2.24) is 14.8 Å². The Kier molecular flexibility index (Phi) is 3.70. The van der Waals surface area contributed by atoms with Crippen LogP contribution in [-0.2, 0) is 21.4 Å². The van der Waals surface area contributed by atoms with E-state index in [1.807, 2.05) is 0 Å². The molecule has 0 saturated heterocycles. The zero-order valence-electron chi connectivity index (χ0n) is 10.5. The molecule has 0 aromatic carbocycles. The van der Waals surface area contributed by atoms with Crippen molar-refractivity contribution in [3.8, 4) is 0 Å². The Morgan fingerprint density at radius 1 is 1.40 bits per heavy atom. The molecular formula is C11H12N4O4S. The highest BCUT2D eigenvalue weighted by Gasteiger charge is 2.17. The second-order valence-electron chi connectivity index (χ2n) is 4.06. The molecule has 9 heteroatoms. The summed E-state index contributed by atoms with van der Waals surface area (Å²) in [6.45, 7) is 1.38. The molecule has 2 rings (SSSR count). The smallest absolute Gasteiger partial charge is 0.325 e. The Morgan fingerprint density at radius 3 is 2.75 bits per heavy atom. The molecule has 0 fully saturated rings. The highest BCUT2D eigenvalue weighted by Crippen LogP contribution is 2.14. The van der Waals surface area contributed by atoms with E-state index in [9.17, 15) is 13.2 Å². The highest BCUT2D eigenvalue weighted by molar-refractivity contribution is 7.92. The Balaban J connectivity index is 2.19. The second-order valence-corrected chi connectivity index (χ2v) is 5.74. The summed E-state index contributed by atoms with van der Waals surface area (Å²) < 4.78 is 27.5. The molecule has 0 aliphatic heterocycles. The third-order valence-electron chi connectivity index (χ3n) is 2.38. The molecule has 0 atom stereocenters. The van der Waals surface area contributed by atoms with Crippen molar-refractivity contribution >= 4 is 21.7 Å². The van der Waals surface area contributed by atoms with Crippen LogP contribution < -0.4 is 4.72 Å². The Morgan fingerprint density at radius 2 is 2.15 bits per heavy atom. The quantitative estimate of drug-likeness (QED) is 0.829. The van der Waals surface area contributed by atoms with Crippen molar-refractivity contribution in [2.75, 3.05) is 4.72 Å². The first kappa shape index (κ1) is 14.0. The van der Waals surface area contributed by atoms with Gasteiger partial charge in [-0.05, 0) is 19.1 Å². The minimum absolute atomic E-state index is 0.112. The maximum Gasteiger partial charge on any atom is 0.325 e. The summed E-state index contributed by atoms with van der Waals surface area (Å²) in [5, 5.41) is 12.3. The van der Waals surface area contributed by atoms with E-state index in [1.165, 1.54) is 6.20 Å². The number of nitrogens with one attached hydrogen (secondary N) is 1. The number of nitrogens with zero attached hydrogens (tertiary/aromatic N) is 3. The molecule has 0 bridgehead atoms. The van der Waals surface area contributed by atoms with E-state index < -0.39 is 22.5 Å². The summed E-state index contributed by atoms with van der Waals surface area (Å²) >= 11 is 0. The van der Waals surface area contributed by atoms with Gasteiger partial charge < -0.3 is 5.11 Å². The fourth-order valence-electron chi connectivity index (χ4n) is 1.45. The topological polar surface area (TPSA) is 114 Å². The number of hydrogen-bond acceptors (Lipinski definition) is 5. The third-order valence-corrected chi connectivity index (χ3v) is 3.72. The van der Waals surface area contributed by atoms with Gasteiger partial charge in [0.1, 0.15) is 11.4 Å². The van der Waals surface area contributed by atoms with Gasteiger partial charge in [-0.1, -0.05) is 0 Å². The van der Waals surface area contributed by atoms with Crippen LogP contribution in [0.15, 0.2) is 35.6 Å². The summed E-state index contributed by atoms with van der Waals surface area (Å²) in [6.07, 6.45) is 3.64. The van der Waals surface area contributed by atoms with Crippen molar-refractivity contribution in [3.05, 3.63) is 36.4 Å². The van der Waals surface area contributed by atoms with E-state index in [0.29, 0.717) is 5.69 Å². The van der Waals surface area contributed by atoms with Crippen LogP contribution in [0.1, 0.15) is 5.69 Å². The van der Waals surface area contributed by atoms with Gasteiger partial charge in [0.15, 0.2) is 0 Å². The fourth-order valence-corrected chi connectivity index (χ4v) is 2.45. The first-order valence-corrected chi connectivity index (χ1v) is 7.05. The zero-order chi connectivity index (χ0) is 14.8. The first-order chi connectivity index (χ1) is 9.37. The van der Waals surface area contributed by atoms with Gasteiger partial charge in [-0.25, -0.2) is 8.42 Å². The summed E-state index contributed by atoms with van der Waals surface area (Å²) in [6, 6.07) is 3.26. The van der Waals surface area contributed by atoms with E-state index >= 15 is 0 Å². The molecule has 0 aliphatic carbocycles. The molecule has 2 N–H and O–H groups in total. The minimum Gasteiger partial charge on any atom is -0.480 e. The van der Waals surface area contributed by atoms with Gasteiger partial charge in [-0.15, -0.1) is 0 Å². The lowest BCUT2D eigenvalue weighted by molar-refractivity contribution is -0.137. The average molecular weight is 296 g/mol. The lowest BCUT2D eigenvalue weighted by Gasteiger charge is -2.05. The van der Waals surface area contributed by atoms with Crippen LogP contribution in [0, 0.1) is 6.92 Å². The largest absolute Gasteiger partial charge is 0.480 e. The molecule has 0 saturated carbocycles. The molecule has 2 aromatic heterocycles. The van der Waals surface area contributed by atoms with Crippen LogP contribution >= 0.6 is 0 Å². The number of pyridine rings is 1. The van der Waals surface area contributed by atoms with Crippen LogP contribution in [0.5, 0.6) is 0 Å². The number of aryl methyl sites for hydroxylation is 1. The van der Waals surface area contributed by atoms with Crippen molar-refractivity contribution in [3.63, 3.8) is 0 Å². The summed E-state index contributed by atoms with van der Waals surface area (Å²) in [4.78, 5) is 14.4. The van der Waals surface area contributed by atoms with Crippen molar-refractivity contribution in [1.29, 1.82) is 0 Å². The number of aromatic nitrogens is 3. The van der Waals surface area contributed by atoms with Crippen LogP contribution in [0.3, 0.4) is 0 Å². The average Bonchev–Trinajstić information content (AvgIpc) is 2.80. The number of carboxylic acids is 1. The summed E-state index contributed by atoms with van der Waals surface area (Å²) in [7, 11) is -3.81. The van der Waals surface area contributed by atoms with Gasteiger partial charge >= 0.3 is 5.97 Å². The lowest BCUT2D eigenvalue weighted by Crippen LogP contribution is -2.13. The monoisotopic (exact) mass is 296 g/mol. The second kappa shape index (κ2) is 5.29. The number of anilines is 1. The number of carboxylic acid groups (broad SMARTS) is 1. The maximum absolute atomic E-state index is 12.0. The highest BCUT2D eigenvalue weighted by atomic mass is 32.2. The molecule has 0 unspecified atom stereocenters. The van der Waals surface area contributed by atoms with E-state index in [-0.39, 0.29) is 4.90 Å². The van der Waals surface area contributed by atoms with Crippen molar-refractivity contribution in [2.45, 2.75) is 18.4 Å². The number of hydrogen-bond donors (Lipinski definition) is 2. The standard InChI is InChI=1S/C11H12N4O4S/c1-8-2-3-9(4-12-8)14-20(18,19)10-5-13-15(6-10)7-11(16)17/h2-6,14H,7H2,1H3,(H,16,17). The first-order valence-electron chi connectivity index (χ1n) is 5.56. The number of rotatable bonds is 5. The number of aliphatic carboxylic acids is 1. The van der Waals surface area contributed by atoms with E-state index in [0.717, 1.165) is 22.8 Å². The minimum atomic E-state index is -3.81. The Bertz CT molecular complexity index is 721. The van der Waals surface area contributed by atoms with Crippen LogP contribution in [0.2, 0.25) is 0 Å². The molecule has 0 spiro atoms. The van der Waals surface area contributed by atoms with Gasteiger partial charge in [-0.3, -0.25) is 19.2 Å². The molecule has 106 valence electrons. The van der Waals surface area contributed by atoms with Crippen LogP contribution in [-0.4, -0.2) is 34.3 Å². The molecule has 2 heterocycles. The molecule has 0 amide bonds. The van der Waals surface area contributed by atoms with Gasteiger partial charge in [0.2, 0.25) is 0 Å². The Labute approximate surface area is 115 Å². The summed E-state index contributed by atoms with van der Waals surface area (Å²) in [5.74, 6) is -1.10. The fraction of sp³-hybridized carbons (Fsp3) is 0.182. The lowest BCUT2D eigenvalue weighted by atomic mass is 10.4. The van der Waals surface area contributed by atoms with E-state index in [4.69, 9.17) is 5.11 Å². The predicted octanol–water partition coefficient (Wildman–Crippen LogP) is 0.472. The number of sulfonamides is 1. The third kappa shape index (κ3) is 3.32. The van der Waals surface area contributed by atoms with Crippen molar-refractivity contribution < 1.29 is 18.3 Å². The molecular weight excluding hydrogens is 284 g/mol. The molecule has 2 aromatic rings. The predicted molar refractivity (Wildman–Crippen MR) is 69.6 cm³/mol. The maximum atomic E-state index is 12.0. The van der Waals surface area contributed by atoms with E-state index in [1.54, 1.807) is 19.1 Å². The van der Waals surface area contributed by atoms with Gasteiger partial charge in [0, 0.05) is 11.9 Å². The van der Waals surface area contributed by atoms with Gasteiger partial charge in [0.05, 0.1) is 18.1 Å². The molecule has 0 aliphatic rings. The van der Waals surface area contributed by atoms with Gasteiger partial charge in [-0.2, -0.15) is 5.10 Å². The molecule has 0 radical (unpaired) electrons. The Hall–Kier alpha value is -2.42. The number of carbonyl (C=O) groups is 1.